The van der Waals surface area contributed by atoms with E-state index in [0.29, 0.717) is 19.3 Å². The van der Waals surface area contributed by atoms with E-state index in [2.05, 4.69) is 50.4 Å². The lowest BCUT2D eigenvalue weighted by Gasteiger charge is -2.24. The summed E-state index contributed by atoms with van der Waals surface area (Å²) in [7, 11) is 0. The fraction of sp³-hybridized carbons (Fsp3) is 0.895. The van der Waals surface area contributed by atoms with Gasteiger partial charge < -0.3 is 20.3 Å². The Morgan fingerprint density at radius 3 is 1.16 bits per heavy atom. The van der Waals surface area contributed by atoms with E-state index in [1.807, 2.05) is 0 Å². The van der Waals surface area contributed by atoms with E-state index in [1.54, 1.807) is 0 Å². The van der Waals surface area contributed by atoms with Gasteiger partial charge in [0.15, 0.2) is 0 Å². The third-order valence-corrected chi connectivity index (χ3v) is 13.0. The number of hydrogen-bond donors (Lipinski definition) is 3. The van der Waals surface area contributed by atoms with Gasteiger partial charge in [-0.1, -0.05) is 238 Å². The lowest BCUT2D eigenvalue weighted by atomic mass is 10.0. The minimum absolute atomic E-state index is 0.0729. The predicted molar refractivity (Wildman–Crippen MR) is 273 cm³/mol. The van der Waals surface area contributed by atoms with Crippen LogP contribution in [-0.4, -0.2) is 46.9 Å². The van der Waals surface area contributed by atoms with Crippen LogP contribution >= 0.6 is 0 Å². The van der Waals surface area contributed by atoms with Crippen molar-refractivity contribution < 1.29 is 24.5 Å². The van der Waals surface area contributed by atoms with Crippen LogP contribution in [0, 0.1) is 0 Å². The molecule has 0 bridgehead atoms. The largest absolute Gasteiger partial charge is 0.462 e. The number of aliphatic hydroxyl groups excluding tert-OH is 2. The maximum atomic E-state index is 13.2. The Kier molecular flexibility index (Phi) is 50.0. The second-order valence-electron chi connectivity index (χ2n) is 19.3. The summed E-state index contributed by atoms with van der Waals surface area (Å²) in [6, 6.07) is -0.702. The smallest absolute Gasteiger partial charge is 0.306 e. The summed E-state index contributed by atoms with van der Waals surface area (Å²) in [6.45, 7) is 6.48. The average molecular weight is 889 g/mol. The molecular weight excluding hydrogens is 779 g/mol. The highest BCUT2D eigenvalue weighted by Gasteiger charge is 2.24. The van der Waals surface area contributed by atoms with Gasteiger partial charge in [0.1, 0.15) is 6.10 Å². The minimum Gasteiger partial charge on any atom is -0.462 e. The third-order valence-electron chi connectivity index (χ3n) is 13.0. The molecule has 0 aliphatic carbocycles. The lowest BCUT2D eigenvalue weighted by Crippen LogP contribution is -2.46. The first-order valence-electron chi connectivity index (χ1n) is 28.1. The SMILES string of the molecule is CCCCC/C=C\CCCCCCCC(=O)OC(CCCCCCC/C=C/CCCCCCCC)CC(=O)NC(CO)C(O)CCCCCCCCCCCCCCCCCCC. The number of unbranched alkanes of at least 4 members (excludes halogenated alkanes) is 35. The van der Waals surface area contributed by atoms with Gasteiger partial charge in [-0.05, 0) is 77.0 Å². The number of nitrogens with one attached hydrogen (secondary N) is 1. The molecular formula is C57H109NO5. The first-order valence-corrected chi connectivity index (χ1v) is 28.1. The maximum absolute atomic E-state index is 13.2. The van der Waals surface area contributed by atoms with Gasteiger partial charge in [0.25, 0.3) is 0 Å². The molecule has 0 spiro atoms. The molecule has 6 nitrogen and oxygen atoms in total. The van der Waals surface area contributed by atoms with Gasteiger partial charge in [-0.15, -0.1) is 0 Å². The predicted octanol–water partition coefficient (Wildman–Crippen LogP) is 17.1. The fourth-order valence-electron chi connectivity index (χ4n) is 8.72. The molecule has 372 valence electrons. The van der Waals surface area contributed by atoms with E-state index in [1.165, 1.54) is 193 Å². The van der Waals surface area contributed by atoms with Crippen LogP contribution in [0.5, 0.6) is 0 Å². The molecule has 0 aliphatic rings. The van der Waals surface area contributed by atoms with Crippen LogP contribution in [0.25, 0.3) is 0 Å². The van der Waals surface area contributed by atoms with E-state index < -0.39 is 18.2 Å². The zero-order valence-corrected chi connectivity index (χ0v) is 42.5. The molecule has 0 aromatic rings. The highest BCUT2D eigenvalue weighted by molar-refractivity contribution is 5.77. The molecule has 0 aromatic heterocycles. The molecule has 1 amide bonds. The van der Waals surface area contributed by atoms with E-state index in [0.717, 1.165) is 64.2 Å². The van der Waals surface area contributed by atoms with Crippen molar-refractivity contribution in [3.63, 3.8) is 0 Å². The summed E-state index contributed by atoms with van der Waals surface area (Å²) in [6.07, 6.45) is 59.5. The van der Waals surface area contributed by atoms with Crippen molar-refractivity contribution in [3.05, 3.63) is 24.3 Å². The highest BCUT2D eigenvalue weighted by atomic mass is 16.5. The second kappa shape index (κ2) is 51.3. The van der Waals surface area contributed by atoms with Crippen molar-refractivity contribution in [3.8, 4) is 0 Å². The molecule has 3 unspecified atom stereocenters. The molecule has 0 saturated heterocycles. The van der Waals surface area contributed by atoms with Gasteiger partial charge in [-0.25, -0.2) is 0 Å². The molecule has 0 radical (unpaired) electrons. The number of allylic oxidation sites excluding steroid dienone is 4. The van der Waals surface area contributed by atoms with Crippen molar-refractivity contribution in [2.45, 2.75) is 322 Å². The fourth-order valence-corrected chi connectivity index (χ4v) is 8.72. The number of carbonyl (C=O) groups is 2. The minimum atomic E-state index is -0.788. The Bertz CT molecular complexity index is 997. The molecule has 3 N–H and O–H groups in total. The quantitative estimate of drug-likeness (QED) is 0.0321. The van der Waals surface area contributed by atoms with Crippen LogP contribution in [0.2, 0.25) is 0 Å². The molecule has 0 heterocycles. The standard InChI is InChI=1S/C57H109NO5/c1-4-7-10-13-16-19-22-25-27-28-30-32-34-37-40-43-46-49-55(60)54(52-59)58-56(61)51-53(48-45-42-39-36-33-31-29-26-23-20-17-14-11-8-5-2)63-57(62)50-47-44-41-38-35-24-21-18-15-12-9-6-3/h18,21,26,29,53-55,59-60H,4-17,19-20,22-25,27-28,30-52H2,1-3H3,(H,58,61)/b21-18-,29-26+. The van der Waals surface area contributed by atoms with E-state index in [-0.39, 0.29) is 24.9 Å². The molecule has 0 fully saturated rings. The molecule has 6 heteroatoms. The van der Waals surface area contributed by atoms with E-state index in [4.69, 9.17) is 4.74 Å². The van der Waals surface area contributed by atoms with Gasteiger partial charge in [-0.2, -0.15) is 0 Å². The van der Waals surface area contributed by atoms with E-state index in [9.17, 15) is 19.8 Å². The Labute approximate surface area is 392 Å². The Morgan fingerprint density at radius 2 is 0.762 bits per heavy atom. The van der Waals surface area contributed by atoms with Crippen LogP contribution in [0.15, 0.2) is 24.3 Å². The molecule has 3 atom stereocenters. The third kappa shape index (κ3) is 46.7. The monoisotopic (exact) mass is 888 g/mol. The molecule has 0 saturated carbocycles. The number of rotatable bonds is 51. The van der Waals surface area contributed by atoms with Crippen molar-refractivity contribution in [2.24, 2.45) is 0 Å². The Morgan fingerprint density at radius 1 is 0.444 bits per heavy atom. The summed E-state index contributed by atoms with van der Waals surface area (Å²) in [5.41, 5.74) is 0. The normalized spacial score (nSPS) is 13.3. The lowest BCUT2D eigenvalue weighted by molar-refractivity contribution is -0.151. The number of hydrogen-bond acceptors (Lipinski definition) is 5. The summed E-state index contributed by atoms with van der Waals surface area (Å²) in [5.74, 6) is -0.478. The zero-order valence-electron chi connectivity index (χ0n) is 42.5. The average Bonchev–Trinajstić information content (AvgIpc) is 3.28. The van der Waals surface area contributed by atoms with Crippen molar-refractivity contribution in [1.82, 2.24) is 5.32 Å². The summed E-state index contributed by atoms with van der Waals surface area (Å²) in [4.78, 5) is 26.2. The van der Waals surface area contributed by atoms with Gasteiger partial charge in [0.2, 0.25) is 5.91 Å². The highest BCUT2D eigenvalue weighted by Crippen LogP contribution is 2.18. The van der Waals surface area contributed by atoms with Crippen LogP contribution in [0.4, 0.5) is 0 Å². The van der Waals surface area contributed by atoms with Crippen LogP contribution in [0.1, 0.15) is 303 Å². The van der Waals surface area contributed by atoms with Crippen LogP contribution < -0.4 is 5.32 Å². The van der Waals surface area contributed by atoms with Gasteiger partial charge in [0.05, 0.1) is 25.2 Å². The number of amides is 1. The van der Waals surface area contributed by atoms with Crippen LogP contribution in [-0.2, 0) is 14.3 Å². The molecule has 0 aliphatic heterocycles. The second-order valence-corrected chi connectivity index (χ2v) is 19.3. The molecule has 0 aromatic carbocycles. The van der Waals surface area contributed by atoms with Crippen molar-refractivity contribution >= 4 is 11.9 Å². The Balaban J connectivity index is 4.51. The van der Waals surface area contributed by atoms with Gasteiger partial charge >= 0.3 is 5.97 Å². The van der Waals surface area contributed by atoms with Gasteiger partial charge in [0, 0.05) is 6.42 Å². The molecule has 63 heavy (non-hydrogen) atoms. The number of esters is 1. The van der Waals surface area contributed by atoms with Gasteiger partial charge in [-0.3, -0.25) is 9.59 Å². The number of carbonyl (C=O) groups excluding carboxylic acids is 2. The molecule has 0 rings (SSSR count). The van der Waals surface area contributed by atoms with Crippen molar-refractivity contribution in [1.29, 1.82) is 0 Å². The van der Waals surface area contributed by atoms with Crippen LogP contribution in [0.3, 0.4) is 0 Å². The summed E-state index contributed by atoms with van der Waals surface area (Å²) in [5, 5.41) is 23.9. The van der Waals surface area contributed by atoms with E-state index >= 15 is 0 Å². The maximum Gasteiger partial charge on any atom is 0.306 e. The topological polar surface area (TPSA) is 95.9 Å². The summed E-state index contributed by atoms with van der Waals surface area (Å²) >= 11 is 0. The number of aliphatic hydroxyl groups is 2. The first-order chi connectivity index (χ1) is 31.0. The zero-order chi connectivity index (χ0) is 45.9. The first kappa shape index (κ1) is 61.3. The summed E-state index contributed by atoms with van der Waals surface area (Å²) < 4.78 is 5.94. The Hall–Kier alpha value is -1.66. The number of ether oxygens (including phenoxy) is 1. The van der Waals surface area contributed by atoms with Crippen molar-refractivity contribution in [2.75, 3.05) is 6.61 Å².